The van der Waals surface area contributed by atoms with E-state index in [4.69, 9.17) is 4.98 Å². The van der Waals surface area contributed by atoms with E-state index in [-0.39, 0.29) is 5.82 Å². The lowest BCUT2D eigenvalue weighted by Gasteiger charge is -2.13. The Morgan fingerprint density at radius 3 is 2.40 bits per heavy atom. The van der Waals surface area contributed by atoms with Crippen LogP contribution in [0.15, 0.2) is 60.8 Å². The number of fused-ring (bicyclic) bond motifs is 1. The summed E-state index contributed by atoms with van der Waals surface area (Å²) in [4.78, 5) is 4.73. The first-order chi connectivity index (χ1) is 12.1. The fraction of sp³-hybridized carbons (Fsp3) is 0.100. The molecule has 0 bridgehead atoms. The summed E-state index contributed by atoms with van der Waals surface area (Å²) in [6, 6.07) is 16.3. The first-order valence-corrected chi connectivity index (χ1v) is 8.06. The number of aryl methyl sites for hydroxylation is 1. The van der Waals surface area contributed by atoms with Gasteiger partial charge in [0.15, 0.2) is 5.65 Å². The molecule has 0 amide bonds. The molecular weight excluding hydrogens is 315 g/mol. The molecule has 0 aliphatic rings. The van der Waals surface area contributed by atoms with Gasteiger partial charge < -0.3 is 5.32 Å². The maximum atomic E-state index is 13.2. The highest BCUT2D eigenvalue weighted by molar-refractivity contribution is 5.79. The molecule has 0 unspecified atom stereocenters. The first-order valence-electron chi connectivity index (χ1n) is 8.06. The van der Waals surface area contributed by atoms with Gasteiger partial charge in [-0.15, -0.1) is 0 Å². The molecule has 5 heteroatoms. The average Bonchev–Trinajstić information content (AvgIpc) is 3.04. The third kappa shape index (κ3) is 2.74. The molecule has 0 aliphatic heterocycles. The van der Waals surface area contributed by atoms with Crippen LogP contribution in [0.3, 0.4) is 0 Å². The first kappa shape index (κ1) is 15.3. The van der Waals surface area contributed by atoms with Crippen LogP contribution < -0.4 is 5.32 Å². The van der Waals surface area contributed by atoms with E-state index in [1.165, 1.54) is 12.1 Å². The number of anilines is 2. The Morgan fingerprint density at radius 2 is 1.68 bits per heavy atom. The Hall–Kier alpha value is -3.21. The summed E-state index contributed by atoms with van der Waals surface area (Å²) in [5.41, 5.74) is 5.56. The molecule has 2 heterocycles. The molecule has 0 saturated carbocycles. The van der Waals surface area contributed by atoms with Crippen LogP contribution in [0.25, 0.3) is 16.8 Å². The number of nitrogens with one attached hydrogen (secondary N) is 1. The van der Waals surface area contributed by atoms with Crippen molar-refractivity contribution >= 4 is 17.2 Å². The Balaban J connectivity index is 1.88. The highest BCUT2D eigenvalue weighted by Gasteiger charge is 2.15. The van der Waals surface area contributed by atoms with Crippen LogP contribution >= 0.6 is 0 Å². The molecule has 124 valence electrons. The van der Waals surface area contributed by atoms with E-state index in [1.54, 1.807) is 16.6 Å². The Kier molecular flexibility index (Phi) is 3.69. The minimum atomic E-state index is -0.260. The van der Waals surface area contributed by atoms with Crippen molar-refractivity contribution in [3.63, 3.8) is 0 Å². The Bertz CT molecular complexity index is 1040. The monoisotopic (exact) mass is 332 g/mol. The van der Waals surface area contributed by atoms with E-state index in [9.17, 15) is 4.39 Å². The largest absolute Gasteiger partial charge is 0.340 e. The molecule has 0 aliphatic carbocycles. The molecular formula is C20H17FN4. The maximum Gasteiger partial charge on any atom is 0.165 e. The molecule has 0 atom stereocenters. The van der Waals surface area contributed by atoms with Crippen LogP contribution in [0.2, 0.25) is 0 Å². The van der Waals surface area contributed by atoms with Crippen molar-refractivity contribution < 1.29 is 4.39 Å². The second-order valence-electron chi connectivity index (χ2n) is 5.96. The molecule has 0 radical (unpaired) electrons. The van der Waals surface area contributed by atoms with Crippen LogP contribution in [0.4, 0.5) is 15.9 Å². The molecule has 25 heavy (non-hydrogen) atoms. The summed E-state index contributed by atoms with van der Waals surface area (Å²) < 4.78 is 15.0. The molecule has 4 nitrogen and oxygen atoms in total. The number of hydrogen-bond donors (Lipinski definition) is 1. The zero-order valence-corrected chi connectivity index (χ0v) is 14.0. The highest BCUT2D eigenvalue weighted by atomic mass is 19.1. The van der Waals surface area contributed by atoms with Crippen LogP contribution in [0.1, 0.15) is 11.3 Å². The summed E-state index contributed by atoms with van der Waals surface area (Å²) in [5.74, 6) is 0.570. The van der Waals surface area contributed by atoms with E-state index in [0.29, 0.717) is 0 Å². The van der Waals surface area contributed by atoms with Gasteiger partial charge in [-0.1, -0.05) is 30.3 Å². The van der Waals surface area contributed by atoms with Crippen molar-refractivity contribution in [2.75, 3.05) is 5.32 Å². The highest BCUT2D eigenvalue weighted by Crippen LogP contribution is 2.29. The van der Waals surface area contributed by atoms with Crippen LogP contribution in [-0.4, -0.2) is 14.6 Å². The lowest BCUT2D eigenvalue weighted by Crippen LogP contribution is -2.06. The fourth-order valence-electron chi connectivity index (χ4n) is 2.82. The molecule has 2 aromatic heterocycles. The van der Waals surface area contributed by atoms with E-state index >= 15 is 0 Å². The molecule has 0 spiro atoms. The average molecular weight is 332 g/mol. The molecule has 0 fully saturated rings. The molecule has 2 aromatic carbocycles. The van der Waals surface area contributed by atoms with Gasteiger partial charge in [0.25, 0.3) is 0 Å². The third-order valence-electron chi connectivity index (χ3n) is 4.32. The zero-order valence-electron chi connectivity index (χ0n) is 14.0. The summed E-state index contributed by atoms with van der Waals surface area (Å²) in [7, 11) is 0. The second kappa shape index (κ2) is 6.02. The molecule has 0 saturated heterocycles. The minimum Gasteiger partial charge on any atom is -0.340 e. The quantitative estimate of drug-likeness (QED) is 0.580. The minimum absolute atomic E-state index is 0.260. The number of nitrogens with zero attached hydrogens (tertiary/aromatic N) is 3. The Labute approximate surface area is 145 Å². The van der Waals surface area contributed by atoms with Gasteiger partial charge in [0.2, 0.25) is 0 Å². The normalized spacial score (nSPS) is 11.0. The smallest absolute Gasteiger partial charge is 0.165 e. The van der Waals surface area contributed by atoms with Crippen molar-refractivity contribution in [1.82, 2.24) is 14.6 Å². The van der Waals surface area contributed by atoms with Gasteiger partial charge in [0, 0.05) is 22.5 Å². The summed E-state index contributed by atoms with van der Waals surface area (Å²) in [5, 5.41) is 7.87. The number of benzene rings is 2. The predicted molar refractivity (Wildman–Crippen MR) is 97.6 cm³/mol. The van der Waals surface area contributed by atoms with Crippen molar-refractivity contribution in [2.45, 2.75) is 13.8 Å². The molecule has 4 aromatic rings. The molecule has 1 N–H and O–H groups in total. The SMILES string of the molecule is Cc1nc2c(-c3ccccc3)cnn2c(Nc2ccc(F)cc2)c1C. The van der Waals surface area contributed by atoms with Gasteiger partial charge in [-0.3, -0.25) is 0 Å². The molecule has 4 rings (SSSR count). The van der Waals surface area contributed by atoms with Crippen LogP contribution in [0, 0.1) is 19.7 Å². The Morgan fingerprint density at radius 1 is 0.960 bits per heavy atom. The van der Waals surface area contributed by atoms with Gasteiger partial charge in [-0.2, -0.15) is 9.61 Å². The summed E-state index contributed by atoms with van der Waals surface area (Å²) in [6.07, 6.45) is 1.83. The van der Waals surface area contributed by atoms with Gasteiger partial charge in [-0.25, -0.2) is 9.37 Å². The van der Waals surface area contributed by atoms with Crippen LogP contribution in [0.5, 0.6) is 0 Å². The lowest BCUT2D eigenvalue weighted by molar-refractivity contribution is 0.628. The summed E-state index contributed by atoms with van der Waals surface area (Å²) >= 11 is 0. The number of rotatable bonds is 3. The van der Waals surface area contributed by atoms with Gasteiger partial charge in [-0.05, 0) is 43.7 Å². The topological polar surface area (TPSA) is 42.2 Å². The maximum absolute atomic E-state index is 13.2. The van der Waals surface area contributed by atoms with E-state index in [2.05, 4.69) is 10.4 Å². The lowest BCUT2D eigenvalue weighted by atomic mass is 10.1. The second-order valence-corrected chi connectivity index (χ2v) is 5.96. The van der Waals surface area contributed by atoms with Crippen molar-refractivity contribution in [3.05, 3.63) is 77.9 Å². The number of aromatic nitrogens is 3. The van der Waals surface area contributed by atoms with Gasteiger partial charge >= 0.3 is 0 Å². The van der Waals surface area contributed by atoms with E-state index in [1.807, 2.05) is 50.4 Å². The summed E-state index contributed by atoms with van der Waals surface area (Å²) in [6.45, 7) is 3.98. The van der Waals surface area contributed by atoms with Gasteiger partial charge in [0.1, 0.15) is 11.6 Å². The van der Waals surface area contributed by atoms with Gasteiger partial charge in [0.05, 0.1) is 6.20 Å². The van der Waals surface area contributed by atoms with Crippen molar-refractivity contribution in [1.29, 1.82) is 0 Å². The van der Waals surface area contributed by atoms with E-state index in [0.717, 1.165) is 39.5 Å². The van der Waals surface area contributed by atoms with Crippen molar-refractivity contribution in [2.24, 2.45) is 0 Å². The van der Waals surface area contributed by atoms with Crippen LogP contribution in [-0.2, 0) is 0 Å². The fourth-order valence-corrected chi connectivity index (χ4v) is 2.82. The van der Waals surface area contributed by atoms with Crippen molar-refractivity contribution in [3.8, 4) is 11.1 Å². The standard InChI is InChI=1S/C20H17FN4/c1-13-14(2)23-20-18(15-6-4-3-5-7-15)12-22-25(20)19(13)24-17-10-8-16(21)9-11-17/h3-12,24H,1-2H3. The zero-order chi connectivity index (χ0) is 17.4. The number of halogens is 1. The van der Waals surface area contributed by atoms with E-state index < -0.39 is 0 Å². The number of hydrogen-bond acceptors (Lipinski definition) is 3. The third-order valence-corrected chi connectivity index (χ3v) is 4.32. The predicted octanol–water partition coefficient (Wildman–Crippen LogP) is 4.90.